The Balaban J connectivity index is 1.85. The lowest BCUT2D eigenvalue weighted by molar-refractivity contribution is -0.384. The van der Waals surface area contributed by atoms with E-state index in [1.165, 1.54) is 12.1 Å². The Bertz CT molecular complexity index is 716. The third kappa shape index (κ3) is 5.86. The Morgan fingerprint density at radius 2 is 1.83 bits per heavy atom. The molecule has 0 aliphatic heterocycles. The number of nitro benzene ring substituents is 1. The molecule has 0 saturated carbocycles. The summed E-state index contributed by atoms with van der Waals surface area (Å²) in [6.07, 6.45) is 1.73. The Morgan fingerprint density at radius 1 is 1.21 bits per heavy atom. The zero-order chi connectivity index (χ0) is 17.6. The summed E-state index contributed by atoms with van der Waals surface area (Å²) in [6.45, 7) is 4.33. The number of non-ortho nitro benzene ring substituents is 1. The van der Waals surface area contributed by atoms with Crippen molar-refractivity contribution < 1.29 is 9.76 Å². The summed E-state index contributed by atoms with van der Waals surface area (Å²) in [5.41, 5.74) is 0.878. The van der Waals surface area contributed by atoms with Crippen LogP contribution in [-0.4, -0.2) is 15.9 Å². The van der Waals surface area contributed by atoms with E-state index in [9.17, 15) is 10.1 Å². The van der Waals surface area contributed by atoms with Gasteiger partial charge >= 0.3 is 0 Å². The zero-order valence-electron chi connectivity index (χ0n) is 13.3. The van der Waals surface area contributed by atoms with Crippen molar-refractivity contribution in [3.8, 4) is 0 Å². The summed E-state index contributed by atoms with van der Waals surface area (Å²) < 4.78 is -0.247. The molecule has 2 aromatic rings. The highest BCUT2D eigenvalue weighted by atomic mass is 35.5. The summed E-state index contributed by atoms with van der Waals surface area (Å²) >= 11 is 7.52. The number of oxime groups is 1. The number of rotatable bonds is 7. The Kier molecular flexibility index (Phi) is 6.23. The number of nitro groups is 1. The molecule has 5 nitrogen and oxygen atoms in total. The number of hydrogen-bond acceptors (Lipinski definition) is 5. The maximum atomic E-state index is 10.6. The van der Waals surface area contributed by atoms with Crippen molar-refractivity contribution in [2.24, 2.45) is 5.16 Å². The molecule has 0 radical (unpaired) electrons. The van der Waals surface area contributed by atoms with Crippen LogP contribution in [0.4, 0.5) is 5.69 Å². The van der Waals surface area contributed by atoms with Gasteiger partial charge in [0, 0.05) is 22.1 Å². The maximum absolute atomic E-state index is 10.6. The van der Waals surface area contributed by atoms with Crippen LogP contribution < -0.4 is 0 Å². The van der Waals surface area contributed by atoms with Gasteiger partial charge in [0.25, 0.3) is 5.69 Å². The first kappa shape index (κ1) is 18.3. The minimum atomic E-state index is -0.431. The molecule has 126 valence electrons. The number of halogens is 1. The fourth-order valence-corrected chi connectivity index (χ4v) is 2.92. The van der Waals surface area contributed by atoms with Crippen LogP contribution >= 0.6 is 23.4 Å². The van der Waals surface area contributed by atoms with Gasteiger partial charge in [-0.2, -0.15) is 0 Å². The quantitative estimate of drug-likeness (QED) is 0.288. The fourth-order valence-electron chi connectivity index (χ4n) is 1.82. The molecule has 0 heterocycles. The molecule has 0 aliphatic carbocycles. The van der Waals surface area contributed by atoms with Gasteiger partial charge < -0.3 is 4.84 Å². The number of hydrogen-bond donors (Lipinski definition) is 0. The summed E-state index contributed by atoms with van der Waals surface area (Å²) in [4.78, 5) is 16.5. The zero-order valence-corrected chi connectivity index (χ0v) is 14.9. The Hall–Kier alpha value is -2.05. The van der Waals surface area contributed by atoms with E-state index in [1.54, 1.807) is 30.1 Å². The molecular weight excluding hydrogens is 348 g/mol. The maximum Gasteiger partial charge on any atom is 0.269 e. The van der Waals surface area contributed by atoms with Crippen molar-refractivity contribution in [3.05, 3.63) is 69.2 Å². The van der Waals surface area contributed by atoms with Crippen LogP contribution in [0.5, 0.6) is 0 Å². The summed E-state index contributed by atoms with van der Waals surface area (Å²) in [7, 11) is 0. The van der Waals surface area contributed by atoms with Crippen LogP contribution in [0.3, 0.4) is 0 Å². The minimum absolute atomic E-state index is 0.0581. The number of benzene rings is 2. The SMILES string of the molecule is CC(C)(C=NOCc1ccc([N+](=O)[O-])cc1)Sc1ccc(Cl)cc1. The molecule has 0 aliphatic rings. The van der Waals surface area contributed by atoms with Crippen molar-refractivity contribution in [2.45, 2.75) is 30.1 Å². The van der Waals surface area contributed by atoms with Crippen molar-refractivity contribution in [2.75, 3.05) is 0 Å². The average Bonchev–Trinajstić information content (AvgIpc) is 2.54. The molecule has 0 saturated heterocycles. The van der Waals surface area contributed by atoms with Crippen LogP contribution in [0, 0.1) is 10.1 Å². The molecule has 0 atom stereocenters. The van der Waals surface area contributed by atoms with Crippen LogP contribution in [0.2, 0.25) is 5.02 Å². The topological polar surface area (TPSA) is 64.7 Å². The van der Waals surface area contributed by atoms with E-state index in [4.69, 9.17) is 16.4 Å². The molecule has 0 amide bonds. The van der Waals surface area contributed by atoms with E-state index in [1.807, 2.05) is 38.1 Å². The van der Waals surface area contributed by atoms with Gasteiger partial charge in [0.15, 0.2) is 0 Å². The molecule has 0 bridgehead atoms. The highest BCUT2D eigenvalue weighted by Gasteiger charge is 2.17. The number of thioether (sulfide) groups is 1. The van der Waals surface area contributed by atoms with E-state index < -0.39 is 4.92 Å². The van der Waals surface area contributed by atoms with E-state index in [0.29, 0.717) is 5.02 Å². The summed E-state index contributed by atoms with van der Waals surface area (Å²) in [5, 5.41) is 15.3. The van der Waals surface area contributed by atoms with Gasteiger partial charge in [0.05, 0.1) is 15.9 Å². The molecule has 0 unspecified atom stereocenters. The van der Waals surface area contributed by atoms with Gasteiger partial charge in [0.2, 0.25) is 0 Å². The molecule has 7 heteroatoms. The van der Waals surface area contributed by atoms with Gasteiger partial charge in [-0.25, -0.2) is 0 Å². The fraction of sp³-hybridized carbons (Fsp3) is 0.235. The molecule has 0 spiro atoms. The highest BCUT2D eigenvalue weighted by Crippen LogP contribution is 2.31. The van der Waals surface area contributed by atoms with Crippen molar-refractivity contribution >= 4 is 35.3 Å². The van der Waals surface area contributed by atoms with Crippen LogP contribution in [0.15, 0.2) is 58.6 Å². The first-order valence-electron chi connectivity index (χ1n) is 7.20. The van der Waals surface area contributed by atoms with Crippen LogP contribution in [0.1, 0.15) is 19.4 Å². The number of nitrogens with zero attached hydrogens (tertiary/aromatic N) is 2. The van der Waals surface area contributed by atoms with Gasteiger partial charge in [-0.1, -0.05) is 16.8 Å². The van der Waals surface area contributed by atoms with Gasteiger partial charge in [-0.15, -0.1) is 11.8 Å². The van der Waals surface area contributed by atoms with Gasteiger partial charge in [0.1, 0.15) is 6.61 Å². The molecule has 0 aromatic heterocycles. The second-order valence-corrected chi connectivity index (χ2v) is 7.76. The lowest BCUT2D eigenvalue weighted by atomic mass is 10.2. The smallest absolute Gasteiger partial charge is 0.269 e. The average molecular weight is 365 g/mol. The molecule has 24 heavy (non-hydrogen) atoms. The third-order valence-corrected chi connectivity index (χ3v) is 4.40. The molecule has 2 aromatic carbocycles. The van der Waals surface area contributed by atoms with Crippen molar-refractivity contribution in [3.63, 3.8) is 0 Å². The highest BCUT2D eigenvalue weighted by molar-refractivity contribution is 8.01. The van der Waals surface area contributed by atoms with Crippen molar-refractivity contribution in [1.82, 2.24) is 0 Å². The Labute approximate surface area is 149 Å². The van der Waals surface area contributed by atoms with Gasteiger partial charge in [-0.05, 0) is 55.8 Å². The lowest BCUT2D eigenvalue weighted by Crippen LogP contribution is -2.16. The second-order valence-electron chi connectivity index (χ2n) is 5.59. The van der Waals surface area contributed by atoms with E-state index in [0.717, 1.165) is 10.5 Å². The standard InChI is InChI=1S/C17H17ClN2O3S/c1-17(2,24-16-9-5-14(18)6-10-16)12-19-23-11-13-3-7-15(8-4-13)20(21)22/h3-10,12H,11H2,1-2H3. The molecule has 2 rings (SSSR count). The minimum Gasteiger partial charge on any atom is -0.391 e. The predicted molar refractivity (Wildman–Crippen MR) is 97.8 cm³/mol. The molecular formula is C17H17ClN2O3S. The Morgan fingerprint density at radius 3 is 2.42 bits per heavy atom. The predicted octanol–water partition coefficient (Wildman–Crippen LogP) is 5.32. The summed E-state index contributed by atoms with van der Waals surface area (Å²) in [5.74, 6) is 0. The van der Waals surface area contributed by atoms with Crippen molar-refractivity contribution in [1.29, 1.82) is 0 Å². The third-order valence-electron chi connectivity index (χ3n) is 3.01. The first-order valence-corrected chi connectivity index (χ1v) is 8.39. The van der Waals surface area contributed by atoms with E-state index >= 15 is 0 Å². The normalized spacial score (nSPS) is 11.6. The molecule has 0 N–H and O–H groups in total. The van der Waals surface area contributed by atoms with E-state index in [2.05, 4.69) is 5.16 Å². The summed E-state index contributed by atoms with van der Waals surface area (Å²) in [6, 6.07) is 13.8. The monoisotopic (exact) mass is 364 g/mol. The van der Waals surface area contributed by atoms with Crippen LogP contribution in [-0.2, 0) is 11.4 Å². The lowest BCUT2D eigenvalue weighted by Gasteiger charge is -2.18. The first-order chi connectivity index (χ1) is 11.4. The van der Waals surface area contributed by atoms with Gasteiger partial charge in [-0.3, -0.25) is 10.1 Å². The second kappa shape index (κ2) is 8.17. The molecule has 0 fully saturated rings. The largest absolute Gasteiger partial charge is 0.391 e. The van der Waals surface area contributed by atoms with Crippen LogP contribution in [0.25, 0.3) is 0 Å². The van der Waals surface area contributed by atoms with E-state index in [-0.39, 0.29) is 17.0 Å².